The number of halogens is 2. The number of thiazole rings is 1. The third kappa shape index (κ3) is 4.24. The summed E-state index contributed by atoms with van der Waals surface area (Å²) >= 11 is 8.62. The van der Waals surface area contributed by atoms with Crippen LogP contribution < -0.4 is 14.5 Å². The number of carbonyl (C=O) groups is 2. The smallest absolute Gasteiger partial charge is 0.305 e. The fourth-order valence-corrected chi connectivity index (χ4v) is 7.70. The van der Waals surface area contributed by atoms with Crippen LogP contribution in [0.1, 0.15) is 27.5 Å². The molecule has 0 spiro atoms. The van der Waals surface area contributed by atoms with E-state index in [0.717, 1.165) is 27.4 Å². The van der Waals surface area contributed by atoms with Crippen molar-refractivity contribution in [3.05, 3.63) is 109 Å². The molecule has 2 aliphatic rings. The van der Waals surface area contributed by atoms with Crippen LogP contribution >= 0.6 is 34.7 Å². The number of fused-ring (bicyclic) bond motifs is 2. The normalized spacial score (nSPS) is 20.4. The SMILES string of the molecule is Cc1ccccc1COc1ccc(Cl)cc1[C@H]1c2sc(=O)[nH]c2SC2C(=O)N(c3ccc(F)cc3)C(=O)C21. The number of H-pyrrole nitrogens is 1. The van der Waals surface area contributed by atoms with Gasteiger partial charge in [0.05, 0.1) is 16.6 Å². The Morgan fingerprint density at radius 2 is 1.79 bits per heavy atom. The molecule has 3 aromatic carbocycles. The standard InChI is InChI=1S/C28H20ClFN2O4S2/c1-14-4-2-3-5-15(14)13-36-20-11-6-16(29)12-19(20)21-22-24(37-25-23(21)38-28(35)31-25)27(34)32(26(22)33)18-9-7-17(30)8-10-18/h2-12,21-22,24H,13H2,1H3,(H,31,35)/t21-,22?,24?/m1/s1. The molecular weight excluding hydrogens is 547 g/mol. The van der Waals surface area contributed by atoms with E-state index < -0.39 is 34.7 Å². The monoisotopic (exact) mass is 566 g/mol. The third-order valence-electron chi connectivity index (χ3n) is 6.86. The fraction of sp³-hybridized carbons (Fsp3) is 0.179. The van der Waals surface area contributed by atoms with Gasteiger partial charge in [0, 0.05) is 21.4 Å². The van der Waals surface area contributed by atoms with Crippen molar-refractivity contribution < 1.29 is 18.7 Å². The number of aryl methyl sites for hydroxylation is 1. The van der Waals surface area contributed by atoms with E-state index in [1.807, 2.05) is 31.2 Å². The van der Waals surface area contributed by atoms with E-state index in [0.29, 0.717) is 38.5 Å². The van der Waals surface area contributed by atoms with Gasteiger partial charge in [-0.05, 0) is 60.5 Å². The summed E-state index contributed by atoms with van der Waals surface area (Å²) in [6.07, 6.45) is 0. The van der Waals surface area contributed by atoms with Gasteiger partial charge in [0.15, 0.2) is 0 Å². The molecule has 1 aromatic heterocycles. The number of benzene rings is 3. The Kier molecular flexibility index (Phi) is 6.37. The molecule has 4 aromatic rings. The van der Waals surface area contributed by atoms with E-state index in [1.165, 1.54) is 36.0 Å². The molecule has 0 aliphatic carbocycles. The van der Waals surface area contributed by atoms with Crippen LogP contribution in [0.5, 0.6) is 5.75 Å². The molecule has 1 saturated heterocycles. The highest BCUT2D eigenvalue weighted by molar-refractivity contribution is 8.00. The molecule has 6 nitrogen and oxygen atoms in total. The minimum atomic E-state index is -0.809. The highest BCUT2D eigenvalue weighted by Crippen LogP contribution is 2.54. The summed E-state index contributed by atoms with van der Waals surface area (Å²) < 4.78 is 19.8. The molecule has 2 unspecified atom stereocenters. The number of carbonyl (C=O) groups excluding carboxylic acids is 2. The highest BCUT2D eigenvalue weighted by atomic mass is 35.5. The number of thioether (sulfide) groups is 1. The molecule has 3 heterocycles. The van der Waals surface area contributed by atoms with Crippen molar-refractivity contribution >= 4 is 52.2 Å². The molecule has 10 heteroatoms. The number of imide groups is 1. The van der Waals surface area contributed by atoms with Crippen molar-refractivity contribution in [2.24, 2.45) is 5.92 Å². The first-order chi connectivity index (χ1) is 18.3. The number of nitrogens with zero attached hydrogens (tertiary/aromatic N) is 1. The van der Waals surface area contributed by atoms with E-state index in [9.17, 15) is 18.8 Å². The Labute approximate surface area is 230 Å². The van der Waals surface area contributed by atoms with Gasteiger partial charge in [-0.3, -0.25) is 14.4 Å². The number of nitrogens with one attached hydrogen (secondary N) is 1. The van der Waals surface area contributed by atoms with Crippen molar-refractivity contribution in [2.75, 3.05) is 4.90 Å². The van der Waals surface area contributed by atoms with Crippen LogP contribution in [0.2, 0.25) is 5.02 Å². The number of anilines is 1. The van der Waals surface area contributed by atoms with Gasteiger partial charge >= 0.3 is 4.87 Å². The summed E-state index contributed by atoms with van der Waals surface area (Å²) in [6.45, 7) is 2.29. The molecule has 2 aliphatic heterocycles. The molecule has 3 atom stereocenters. The van der Waals surface area contributed by atoms with Gasteiger partial charge in [-0.2, -0.15) is 0 Å². The zero-order chi connectivity index (χ0) is 26.6. The molecule has 0 radical (unpaired) electrons. The second kappa shape index (κ2) is 9.72. The number of hydrogen-bond acceptors (Lipinski definition) is 6. The summed E-state index contributed by atoms with van der Waals surface area (Å²) in [5, 5.41) is 0.214. The zero-order valence-electron chi connectivity index (χ0n) is 19.9. The number of ether oxygens (including phenoxy) is 1. The quantitative estimate of drug-likeness (QED) is 0.304. The van der Waals surface area contributed by atoms with Crippen molar-refractivity contribution in [2.45, 2.75) is 29.7 Å². The van der Waals surface area contributed by atoms with Gasteiger partial charge < -0.3 is 9.72 Å². The summed E-state index contributed by atoms with van der Waals surface area (Å²) in [5.41, 5.74) is 3.01. The Morgan fingerprint density at radius 1 is 1.03 bits per heavy atom. The van der Waals surface area contributed by atoms with E-state index in [2.05, 4.69) is 4.98 Å². The summed E-state index contributed by atoms with van der Waals surface area (Å²) in [6, 6.07) is 18.3. The van der Waals surface area contributed by atoms with Gasteiger partial charge in [0.25, 0.3) is 0 Å². The first-order valence-corrected chi connectivity index (χ1v) is 13.9. The largest absolute Gasteiger partial charge is 0.489 e. The second-order valence-corrected chi connectivity index (χ2v) is 11.7. The minimum Gasteiger partial charge on any atom is -0.489 e. The predicted molar refractivity (Wildman–Crippen MR) is 146 cm³/mol. The van der Waals surface area contributed by atoms with Crippen LogP contribution in [0, 0.1) is 18.7 Å². The topological polar surface area (TPSA) is 79.5 Å². The van der Waals surface area contributed by atoms with Crippen LogP contribution in [-0.2, 0) is 16.2 Å². The van der Waals surface area contributed by atoms with Crippen LogP contribution in [0.4, 0.5) is 10.1 Å². The second-order valence-electron chi connectivity index (χ2n) is 9.14. The Morgan fingerprint density at radius 3 is 2.55 bits per heavy atom. The van der Waals surface area contributed by atoms with Gasteiger partial charge in [0.1, 0.15) is 23.4 Å². The molecular formula is C28H20ClFN2O4S2. The first-order valence-electron chi connectivity index (χ1n) is 11.8. The van der Waals surface area contributed by atoms with Gasteiger partial charge in [-0.1, -0.05) is 59.0 Å². The molecule has 1 fully saturated rings. The first kappa shape index (κ1) is 24.9. The fourth-order valence-electron chi connectivity index (χ4n) is 5.02. The molecule has 1 N–H and O–H groups in total. The minimum absolute atomic E-state index is 0.271. The van der Waals surface area contributed by atoms with E-state index in [4.69, 9.17) is 16.3 Å². The average molecular weight is 567 g/mol. The molecule has 192 valence electrons. The van der Waals surface area contributed by atoms with E-state index >= 15 is 0 Å². The van der Waals surface area contributed by atoms with Gasteiger partial charge in [0.2, 0.25) is 11.8 Å². The van der Waals surface area contributed by atoms with Crippen molar-refractivity contribution in [1.82, 2.24) is 4.98 Å². The number of rotatable bonds is 5. The average Bonchev–Trinajstić information content (AvgIpc) is 3.39. The van der Waals surface area contributed by atoms with Crippen molar-refractivity contribution in [1.29, 1.82) is 0 Å². The maximum Gasteiger partial charge on any atom is 0.305 e. The summed E-state index contributed by atoms with van der Waals surface area (Å²) in [5.74, 6) is -2.24. The van der Waals surface area contributed by atoms with Crippen molar-refractivity contribution in [3.63, 3.8) is 0 Å². The highest BCUT2D eigenvalue weighted by Gasteiger charge is 2.56. The van der Waals surface area contributed by atoms with Crippen LogP contribution in [-0.4, -0.2) is 22.0 Å². The van der Waals surface area contributed by atoms with Crippen LogP contribution in [0.25, 0.3) is 0 Å². The van der Waals surface area contributed by atoms with E-state index in [-0.39, 0.29) is 4.87 Å². The van der Waals surface area contributed by atoms with E-state index in [1.54, 1.807) is 18.2 Å². The summed E-state index contributed by atoms with van der Waals surface area (Å²) in [4.78, 5) is 44.2. The van der Waals surface area contributed by atoms with Crippen LogP contribution in [0.3, 0.4) is 0 Å². The Bertz CT molecular complexity index is 1630. The van der Waals surface area contributed by atoms with Crippen molar-refractivity contribution in [3.8, 4) is 5.75 Å². The maximum atomic E-state index is 13.9. The lowest BCUT2D eigenvalue weighted by Crippen LogP contribution is -2.32. The Balaban J connectivity index is 1.45. The molecule has 2 amide bonds. The predicted octanol–water partition coefficient (Wildman–Crippen LogP) is 5.91. The number of hydrogen-bond donors (Lipinski definition) is 1. The molecule has 0 saturated carbocycles. The lowest BCUT2D eigenvalue weighted by Gasteiger charge is -2.31. The van der Waals surface area contributed by atoms with Gasteiger partial charge in [-0.15, -0.1) is 0 Å². The van der Waals surface area contributed by atoms with Gasteiger partial charge in [-0.25, -0.2) is 9.29 Å². The molecule has 38 heavy (non-hydrogen) atoms. The molecule has 0 bridgehead atoms. The lowest BCUT2D eigenvalue weighted by atomic mass is 9.82. The lowest BCUT2D eigenvalue weighted by molar-refractivity contribution is -0.122. The Hall–Kier alpha value is -3.40. The summed E-state index contributed by atoms with van der Waals surface area (Å²) in [7, 11) is 0. The number of aromatic amines is 1. The molecule has 6 rings (SSSR count). The number of aromatic nitrogens is 1. The maximum absolute atomic E-state index is 13.9. The van der Waals surface area contributed by atoms with Crippen LogP contribution in [0.15, 0.2) is 76.6 Å². The third-order valence-corrected chi connectivity index (χ3v) is 9.50. The zero-order valence-corrected chi connectivity index (χ0v) is 22.3. The number of amides is 2.